The zero-order chi connectivity index (χ0) is 26.7. The Morgan fingerprint density at radius 1 is 1.03 bits per heavy atom. The Bertz CT molecular complexity index is 995. The van der Waals surface area contributed by atoms with Crippen molar-refractivity contribution in [3.05, 3.63) is 89.7 Å². The van der Waals surface area contributed by atoms with E-state index in [1.165, 1.54) is 12.4 Å². The molecule has 0 bridgehead atoms. The van der Waals surface area contributed by atoms with Gasteiger partial charge in [0.05, 0.1) is 0 Å². The molecule has 7 nitrogen and oxygen atoms in total. The Morgan fingerprint density at radius 2 is 1.62 bits per heavy atom. The summed E-state index contributed by atoms with van der Waals surface area (Å²) in [7, 11) is 0. The van der Waals surface area contributed by atoms with E-state index in [1.807, 2.05) is 0 Å². The average Bonchev–Trinajstić information content (AvgIpc) is 3.34. The number of hydrogen-bond donors (Lipinski definition) is 1. The monoisotopic (exact) mass is 506 g/mol. The standard InChI is InChI=1S/C30H42N4O3/c1-3-4-5-6-7-8-9-10-11-12-13-14-15-16-17-18-19-20-29(35)33-22-21-27(25-33)32-30(36)28-23-31-26(2)24-34(28)37/h4-5,7-8,10-11,13-14,16-17,23-24,27H,3,6,9,12,15,18-22,25H2,1-2H3,(H,32,36). The van der Waals surface area contributed by atoms with Crippen LogP contribution in [0.5, 0.6) is 0 Å². The lowest BCUT2D eigenvalue weighted by atomic mass is 10.2. The maximum Gasteiger partial charge on any atom is 0.319 e. The molecule has 1 aliphatic heterocycles. The van der Waals surface area contributed by atoms with Crippen molar-refractivity contribution in [1.82, 2.24) is 15.2 Å². The number of nitrogens with one attached hydrogen (secondary N) is 1. The predicted octanol–water partition coefficient (Wildman–Crippen LogP) is 5.28. The van der Waals surface area contributed by atoms with Crippen LogP contribution in [-0.4, -0.2) is 40.8 Å². The molecule has 2 amide bonds. The van der Waals surface area contributed by atoms with Gasteiger partial charge in [0.1, 0.15) is 11.9 Å². The first-order valence-electron chi connectivity index (χ1n) is 13.4. The number of allylic oxidation sites excluding steroid dienone is 10. The van der Waals surface area contributed by atoms with Crippen LogP contribution in [0.1, 0.15) is 80.9 Å². The van der Waals surface area contributed by atoms with Crippen molar-refractivity contribution < 1.29 is 14.3 Å². The molecule has 2 rings (SSSR count). The minimum Gasteiger partial charge on any atom is -0.618 e. The minimum atomic E-state index is -0.458. The Balaban J connectivity index is 1.53. The molecule has 37 heavy (non-hydrogen) atoms. The maximum atomic E-state index is 12.5. The summed E-state index contributed by atoms with van der Waals surface area (Å²) in [6.07, 6.45) is 32.1. The summed E-state index contributed by atoms with van der Waals surface area (Å²) in [5.41, 5.74) is 0.515. The number of carbonyl (C=O) groups is 2. The molecule has 1 N–H and O–H groups in total. The first-order chi connectivity index (χ1) is 18.0. The van der Waals surface area contributed by atoms with Gasteiger partial charge in [0, 0.05) is 25.6 Å². The lowest BCUT2D eigenvalue weighted by molar-refractivity contribution is -0.608. The molecule has 200 valence electrons. The summed E-state index contributed by atoms with van der Waals surface area (Å²) < 4.78 is 0.532. The van der Waals surface area contributed by atoms with Gasteiger partial charge in [-0.2, -0.15) is 4.73 Å². The Morgan fingerprint density at radius 3 is 2.22 bits per heavy atom. The molecular weight excluding hydrogens is 464 g/mol. The second-order valence-corrected chi connectivity index (χ2v) is 9.14. The molecule has 1 fully saturated rings. The summed E-state index contributed by atoms with van der Waals surface area (Å²) in [5, 5.41) is 14.7. The van der Waals surface area contributed by atoms with Gasteiger partial charge in [-0.25, -0.2) is 4.98 Å². The highest BCUT2D eigenvalue weighted by atomic mass is 16.5. The van der Waals surface area contributed by atoms with E-state index in [1.54, 1.807) is 11.8 Å². The van der Waals surface area contributed by atoms with Gasteiger partial charge in [-0.05, 0) is 58.3 Å². The predicted molar refractivity (Wildman–Crippen MR) is 149 cm³/mol. The fraction of sp³-hybridized carbons (Fsp3) is 0.467. The SMILES string of the molecule is CCC=CCC=CCC=CCC=CCC=CCCCC(=O)N1CCC(NC(=O)c2cnc(C)c[n+]2[O-])C1. The maximum absolute atomic E-state index is 12.5. The van der Waals surface area contributed by atoms with Crippen molar-refractivity contribution >= 4 is 11.8 Å². The first-order valence-corrected chi connectivity index (χ1v) is 13.4. The molecule has 1 unspecified atom stereocenters. The number of aromatic nitrogens is 2. The third-order valence-electron chi connectivity index (χ3n) is 5.96. The number of unbranched alkanes of at least 4 members (excludes halogenated alkanes) is 1. The molecule has 0 saturated carbocycles. The van der Waals surface area contributed by atoms with Gasteiger partial charge in [0.25, 0.3) is 5.69 Å². The smallest absolute Gasteiger partial charge is 0.319 e. The lowest BCUT2D eigenvalue weighted by Gasteiger charge is -2.17. The topological polar surface area (TPSA) is 89.2 Å². The van der Waals surface area contributed by atoms with Crippen LogP contribution in [0.3, 0.4) is 0 Å². The fourth-order valence-corrected chi connectivity index (χ4v) is 3.91. The highest BCUT2D eigenvalue weighted by molar-refractivity contribution is 5.91. The molecule has 1 aromatic heterocycles. The van der Waals surface area contributed by atoms with Crippen LogP contribution in [0.15, 0.2) is 73.2 Å². The number of rotatable bonds is 15. The van der Waals surface area contributed by atoms with Crippen molar-refractivity contribution in [1.29, 1.82) is 0 Å². The van der Waals surface area contributed by atoms with Crippen LogP contribution in [0.25, 0.3) is 0 Å². The van der Waals surface area contributed by atoms with E-state index in [2.05, 4.69) is 78.0 Å². The molecule has 2 heterocycles. The van der Waals surface area contributed by atoms with Crippen LogP contribution >= 0.6 is 0 Å². The number of nitrogens with zero attached hydrogens (tertiary/aromatic N) is 3. The summed E-state index contributed by atoms with van der Waals surface area (Å²) in [5.74, 6) is -0.347. The quantitative estimate of drug-likeness (QED) is 0.152. The van der Waals surface area contributed by atoms with Crippen molar-refractivity contribution in [2.45, 2.75) is 77.7 Å². The normalized spacial score (nSPS) is 16.4. The zero-order valence-electron chi connectivity index (χ0n) is 22.4. The largest absolute Gasteiger partial charge is 0.618 e. The first kappa shape index (κ1) is 29.7. The molecule has 1 aliphatic rings. The number of carbonyl (C=O) groups excluding carboxylic acids is 2. The van der Waals surface area contributed by atoms with E-state index in [9.17, 15) is 14.8 Å². The number of likely N-dealkylation sites (tertiary alicyclic amines) is 1. The van der Waals surface area contributed by atoms with Crippen LogP contribution in [-0.2, 0) is 4.79 Å². The van der Waals surface area contributed by atoms with Crippen molar-refractivity contribution in [2.24, 2.45) is 0 Å². The summed E-state index contributed by atoms with van der Waals surface area (Å²) in [4.78, 5) is 30.7. The number of amides is 2. The fourth-order valence-electron chi connectivity index (χ4n) is 3.91. The van der Waals surface area contributed by atoms with Gasteiger partial charge >= 0.3 is 5.91 Å². The third kappa shape index (κ3) is 12.4. The summed E-state index contributed by atoms with van der Waals surface area (Å²) in [6.45, 7) is 4.93. The van der Waals surface area contributed by atoms with E-state index in [0.717, 1.165) is 44.9 Å². The van der Waals surface area contributed by atoms with Gasteiger partial charge < -0.3 is 15.4 Å². The molecule has 0 radical (unpaired) electrons. The summed E-state index contributed by atoms with van der Waals surface area (Å²) >= 11 is 0. The van der Waals surface area contributed by atoms with Gasteiger partial charge in [-0.15, -0.1) is 0 Å². The van der Waals surface area contributed by atoms with Crippen molar-refractivity contribution in [3.63, 3.8) is 0 Å². The summed E-state index contributed by atoms with van der Waals surface area (Å²) in [6, 6.07) is -0.149. The molecule has 1 saturated heterocycles. The molecule has 0 aliphatic carbocycles. The number of aryl methyl sites for hydroxylation is 1. The molecule has 0 spiro atoms. The van der Waals surface area contributed by atoms with Gasteiger partial charge in [0.2, 0.25) is 12.1 Å². The Kier molecular flexibility index (Phi) is 14.4. The van der Waals surface area contributed by atoms with Crippen LogP contribution in [0.4, 0.5) is 0 Å². The third-order valence-corrected chi connectivity index (χ3v) is 5.96. The number of hydrogen-bond acceptors (Lipinski definition) is 4. The second kappa shape index (κ2) is 17.9. The Hall–Kier alpha value is -3.48. The van der Waals surface area contributed by atoms with Gasteiger partial charge in [0.15, 0.2) is 0 Å². The van der Waals surface area contributed by atoms with Gasteiger partial charge in [-0.1, -0.05) is 67.7 Å². The van der Waals surface area contributed by atoms with E-state index in [0.29, 0.717) is 36.4 Å². The lowest BCUT2D eigenvalue weighted by Crippen LogP contribution is -2.44. The average molecular weight is 507 g/mol. The van der Waals surface area contributed by atoms with Crippen LogP contribution in [0, 0.1) is 12.1 Å². The molecule has 7 heteroatoms. The van der Waals surface area contributed by atoms with E-state index in [4.69, 9.17) is 0 Å². The van der Waals surface area contributed by atoms with E-state index >= 15 is 0 Å². The highest BCUT2D eigenvalue weighted by Crippen LogP contribution is 2.13. The van der Waals surface area contributed by atoms with E-state index < -0.39 is 5.91 Å². The van der Waals surface area contributed by atoms with Gasteiger partial charge in [-0.3, -0.25) is 9.59 Å². The second-order valence-electron chi connectivity index (χ2n) is 9.14. The molecule has 1 atom stereocenters. The molecule has 1 aromatic rings. The van der Waals surface area contributed by atoms with Crippen molar-refractivity contribution in [3.8, 4) is 0 Å². The van der Waals surface area contributed by atoms with Crippen molar-refractivity contribution in [2.75, 3.05) is 13.1 Å². The van der Waals surface area contributed by atoms with E-state index in [-0.39, 0.29) is 17.6 Å². The minimum absolute atomic E-state index is 0.0348. The molecule has 0 aromatic carbocycles. The zero-order valence-corrected chi connectivity index (χ0v) is 22.4. The molecular formula is C30H42N4O3. The van der Waals surface area contributed by atoms with Crippen LogP contribution < -0.4 is 10.0 Å². The highest BCUT2D eigenvalue weighted by Gasteiger charge is 2.29. The van der Waals surface area contributed by atoms with Crippen LogP contribution in [0.2, 0.25) is 0 Å². The Labute approximate surface area is 221 Å².